The van der Waals surface area contributed by atoms with Crippen LogP contribution in [0.4, 0.5) is 0 Å². The molecule has 1 heterocycles. The fourth-order valence-corrected chi connectivity index (χ4v) is 3.77. The second kappa shape index (κ2) is 6.78. The maximum atomic E-state index is 9.28. The number of hydrogen-bond acceptors (Lipinski definition) is 4. The van der Waals surface area contributed by atoms with Crippen molar-refractivity contribution in [2.75, 3.05) is 12.9 Å². The van der Waals surface area contributed by atoms with Gasteiger partial charge in [-0.25, -0.2) is 0 Å². The summed E-state index contributed by atoms with van der Waals surface area (Å²) in [6.07, 6.45) is 2.05. The molecule has 0 spiro atoms. The van der Waals surface area contributed by atoms with Crippen LogP contribution in [-0.2, 0) is 0 Å². The normalized spacial score (nSPS) is 16.8. The number of nitrogens with one attached hydrogen (secondary N) is 1. The molecule has 2 nitrogen and oxygen atoms in total. The molecular formula is C13H23NOS2. The van der Waals surface area contributed by atoms with Crippen LogP contribution in [0, 0.1) is 13.8 Å². The highest BCUT2D eigenvalue weighted by Gasteiger charge is 2.19. The summed E-state index contributed by atoms with van der Waals surface area (Å²) in [7, 11) is 0. The molecule has 0 bridgehead atoms. The number of aliphatic hydroxyl groups is 1. The lowest BCUT2D eigenvalue weighted by molar-refractivity contribution is 0.272. The van der Waals surface area contributed by atoms with Gasteiger partial charge in [-0.15, -0.1) is 11.3 Å². The molecule has 0 aliphatic rings. The topological polar surface area (TPSA) is 32.3 Å². The van der Waals surface area contributed by atoms with Crippen LogP contribution in [0.3, 0.4) is 0 Å². The molecule has 1 rings (SSSR count). The lowest BCUT2D eigenvalue weighted by Gasteiger charge is -2.25. The van der Waals surface area contributed by atoms with Gasteiger partial charge in [-0.2, -0.15) is 11.8 Å². The van der Waals surface area contributed by atoms with E-state index in [0.29, 0.717) is 12.1 Å². The minimum atomic E-state index is 0.226. The summed E-state index contributed by atoms with van der Waals surface area (Å²) < 4.78 is 0. The van der Waals surface area contributed by atoms with Crippen LogP contribution in [0.1, 0.15) is 35.2 Å². The van der Waals surface area contributed by atoms with Gasteiger partial charge in [0.15, 0.2) is 0 Å². The standard InChI is InChI=1S/C13H23NOS2/c1-8-6-12(11(4)17-8)9(2)14-10(3)13(7-15)16-5/h6,9-10,13-15H,7H2,1-5H3. The van der Waals surface area contributed by atoms with Crippen molar-refractivity contribution in [1.29, 1.82) is 0 Å². The Morgan fingerprint density at radius 3 is 2.47 bits per heavy atom. The molecule has 0 saturated heterocycles. The monoisotopic (exact) mass is 273 g/mol. The fourth-order valence-electron chi connectivity index (χ4n) is 2.11. The van der Waals surface area contributed by atoms with E-state index in [1.54, 1.807) is 11.8 Å². The van der Waals surface area contributed by atoms with Crippen LogP contribution in [0.25, 0.3) is 0 Å². The summed E-state index contributed by atoms with van der Waals surface area (Å²) in [5.41, 5.74) is 1.39. The Morgan fingerprint density at radius 1 is 1.41 bits per heavy atom. The quantitative estimate of drug-likeness (QED) is 0.835. The number of rotatable bonds is 6. The first-order valence-corrected chi connectivity index (χ1v) is 8.06. The predicted octanol–water partition coefficient (Wildman–Crippen LogP) is 3.13. The van der Waals surface area contributed by atoms with Gasteiger partial charge >= 0.3 is 0 Å². The van der Waals surface area contributed by atoms with E-state index in [2.05, 4.69) is 39.1 Å². The average molecular weight is 273 g/mol. The van der Waals surface area contributed by atoms with Crippen molar-refractivity contribution in [3.05, 3.63) is 21.4 Å². The Labute approximate surface area is 113 Å². The molecular weight excluding hydrogens is 250 g/mol. The first kappa shape index (κ1) is 15.0. The van der Waals surface area contributed by atoms with Crippen molar-refractivity contribution in [3.8, 4) is 0 Å². The molecule has 0 fully saturated rings. The van der Waals surface area contributed by atoms with Gasteiger partial charge in [-0.05, 0) is 45.6 Å². The van der Waals surface area contributed by atoms with Crippen LogP contribution in [0.2, 0.25) is 0 Å². The van der Waals surface area contributed by atoms with E-state index in [-0.39, 0.29) is 11.9 Å². The molecule has 17 heavy (non-hydrogen) atoms. The van der Waals surface area contributed by atoms with Gasteiger partial charge < -0.3 is 10.4 Å². The molecule has 1 aromatic rings. The van der Waals surface area contributed by atoms with Crippen LogP contribution >= 0.6 is 23.1 Å². The van der Waals surface area contributed by atoms with Crippen molar-refractivity contribution >= 4 is 23.1 Å². The lowest BCUT2D eigenvalue weighted by atomic mass is 10.1. The fraction of sp³-hybridized carbons (Fsp3) is 0.692. The zero-order chi connectivity index (χ0) is 13.0. The number of thioether (sulfide) groups is 1. The van der Waals surface area contributed by atoms with Crippen LogP contribution in [0.15, 0.2) is 6.07 Å². The summed E-state index contributed by atoms with van der Waals surface area (Å²) >= 11 is 3.56. The Balaban J connectivity index is 2.65. The van der Waals surface area contributed by atoms with Crippen molar-refractivity contribution < 1.29 is 5.11 Å². The first-order valence-electron chi connectivity index (χ1n) is 5.96. The average Bonchev–Trinajstić information content (AvgIpc) is 2.59. The molecule has 98 valence electrons. The number of aliphatic hydroxyl groups excluding tert-OH is 1. The Hall–Kier alpha value is -0.0300. The molecule has 0 aliphatic carbocycles. The van der Waals surface area contributed by atoms with Gasteiger partial charge in [-0.3, -0.25) is 0 Å². The van der Waals surface area contributed by atoms with Gasteiger partial charge in [0.25, 0.3) is 0 Å². The summed E-state index contributed by atoms with van der Waals surface area (Å²) in [6.45, 7) is 8.88. The van der Waals surface area contributed by atoms with E-state index in [1.165, 1.54) is 15.3 Å². The highest BCUT2D eigenvalue weighted by molar-refractivity contribution is 7.99. The molecule has 3 unspecified atom stereocenters. The zero-order valence-electron chi connectivity index (χ0n) is 11.3. The van der Waals surface area contributed by atoms with Crippen molar-refractivity contribution in [2.24, 2.45) is 0 Å². The number of thiophene rings is 1. The first-order chi connectivity index (χ1) is 7.99. The smallest absolute Gasteiger partial charge is 0.0564 e. The zero-order valence-corrected chi connectivity index (χ0v) is 12.9. The molecule has 4 heteroatoms. The third kappa shape index (κ3) is 3.98. The Kier molecular flexibility index (Phi) is 6.00. The van der Waals surface area contributed by atoms with Gasteiger partial charge in [-0.1, -0.05) is 0 Å². The van der Waals surface area contributed by atoms with E-state index in [1.807, 2.05) is 17.6 Å². The van der Waals surface area contributed by atoms with E-state index in [0.717, 1.165) is 0 Å². The van der Waals surface area contributed by atoms with Crippen molar-refractivity contribution in [3.63, 3.8) is 0 Å². The van der Waals surface area contributed by atoms with Crippen LogP contribution in [-0.4, -0.2) is 29.3 Å². The SMILES string of the molecule is CSC(CO)C(C)NC(C)c1cc(C)sc1C. The third-order valence-electron chi connectivity index (χ3n) is 3.10. The molecule has 0 amide bonds. The van der Waals surface area contributed by atoms with E-state index in [9.17, 15) is 5.11 Å². The molecule has 3 atom stereocenters. The Bertz CT molecular complexity index is 347. The summed E-state index contributed by atoms with van der Waals surface area (Å²) in [6, 6.07) is 2.91. The van der Waals surface area contributed by atoms with E-state index >= 15 is 0 Å². The summed E-state index contributed by atoms with van der Waals surface area (Å²) in [4.78, 5) is 2.75. The van der Waals surface area contributed by atoms with Gasteiger partial charge in [0.1, 0.15) is 0 Å². The number of aryl methyl sites for hydroxylation is 2. The van der Waals surface area contributed by atoms with E-state index in [4.69, 9.17) is 0 Å². The maximum Gasteiger partial charge on any atom is 0.0564 e. The number of hydrogen-bond donors (Lipinski definition) is 2. The van der Waals surface area contributed by atoms with Gasteiger partial charge in [0.2, 0.25) is 0 Å². The van der Waals surface area contributed by atoms with Crippen LogP contribution < -0.4 is 5.32 Å². The van der Waals surface area contributed by atoms with Crippen molar-refractivity contribution in [1.82, 2.24) is 5.32 Å². The third-order valence-corrected chi connectivity index (χ3v) is 5.24. The Morgan fingerprint density at radius 2 is 2.06 bits per heavy atom. The molecule has 0 saturated carbocycles. The molecule has 0 aliphatic heterocycles. The maximum absolute atomic E-state index is 9.28. The molecule has 0 radical (unpaired) electrons. The van der Waals surface area contributed by atoms with E-state index < -0.39 is 0 Å². The lowest BCUT2D eigenvalue weighted by Crippen LogP contribution is -2.39. The van der Waals surface area contributed by atoms with Crippen molar-refractivity contribution in [2.45, 2.75) is 45.0 Å². The van der Waals surface area contributed by atoms with Gasteiger partial charge in [0, 0.05) is 27.1 Å². The second-order valence-corrected chi connectivity index (χ2v) is 7.04. The summed E-state index contributed by atoms with van der Waals surface area (Å²) in [5, 5.41) is 13.1. The minimum Gasteiger partial charge on any atom is -0.395 e. The highest BCUT2D eigenvalue weighted by Crippen LogP contribution is 2.27. The van der Waals surface area contributed by atoms with Crippen LogP contribution in [0.5, 0.6) is 0 Å². The highest BCUT2D eigenvalue weighted by atomic mass is 32.2. The molecule has 2 N–H and O–H groups in total. The largest absolute Gasteiger partial charge is 0.395 e. The molecule has 1 aromatic heterocycles. The predicted molar refractivity (Wildman–Crippen MR) is 79.2 cm³/mol. The van der Waals surface area contributed by atoms with Gasteiger partial charge in [0.05, 0.1) is 6.61 Å². The second-order valence-electron chi connectivity index (χ2n) is 4.50. The summed E-state index contributed by atoms with van der Waals surface area (Å²) in [5.74, 6) is 0. The minimum absolute atomic E-state index is 0.226. The molecule has 0 aromatic carbocycles.